The van der Waals surface area contributed by atoms with Crippen LogP contribution in [0, 0.1) is 5.21 Å². The highest BCUT2D eigenvalue weighted by molar-refractivity contribution is 6.30. The topological polar surface area (TPSA) is 49.5 Å². The molecule has 0 saturated carbocycles. The molecule has 4 nitrogen and oxygen atoms in total. The van der Waals surface area contributed by atoms with Crippen molar-refractivity contribution in [1.82, 2.24) is 5.06 Å². The molecule has 1 aliphatic rings. The normalized spacial score (nSPS) is 25.7. The summed E-state index contributed by atoms with van der Waals surface area (Å²) in [4.78, 5) is 0. The maximum absolute atomic E-state index is 13.0. The zero-order valence-electron chi connectivity index (χ0n) is 12.4. The molecule has 0 radical (unpaired) electrons. The van der Waals surface area contributed by atoms with Gasteiger partial charge in [0.25, 0.3) is 5.66 Å². The second-order valence-corrected chi connectivity index (χ2v) is 6.03. The van der Waals surface area contributed by atoms with Crippen LogP contribution in [0.2, 0.25) is 5.02 Å². The minimum Gasteiger partial charge on any atom is -0.622 e. The molecule has 1 heterocycles. The van der Waals surface area contributed by atoms with Gasteiger partial charge in [-0.15, -0.1) is 5.06 Å². The van der Waals surface area contributed by atoms with Gasteiger partial charge in [-0.3, -0.25) is 0 Å². The first-order chi connectivity index (χ1) is 10.5. The summed E-state index contributed by atoms with van der Waals surface area (Å²) in [6.07, 6.45) is 0. The largest absolute Gasteiger partial charge is 0.622 e. The Morgan fingerprint density at radius 2 is 1.73 bits per heavy atom. The number of benzene rings is 2. The van der Waals surface area contributed by atoms with E-state index in [9.17, 15) is 10.4 Å². The van der Waals surface area contributed by atoms with E-state index in [1.54, 1.807) is 31.2 Å². The van der Waals surface area contributed by atoms with Crippen molar-refractivity contribution in [3.63, 3.8) is 0 Å². The zero-order valence-corrected chi connectivity index (χ0v) is 13.2. The molecule has 0 bridgehead atoms. The Morgan fingerprint density at radius 1 is 1.14 bits per heavy atom. The van der Waals surface area contributed by atoms with E-state index in [1.807, 2.05) is 37.3 Å². The van der Waals surface area contributed by atoms with E-state index in [4.69, 9.17) is 11.6 Å². The second-order valence-electron chi connectivity index (χ2n) is 5.59. The van der Waals surface area contributed by atoms with Crippen molar-refractivity contribution in [2.24, 2.45) is 0 Å². The van der Waals surface area contributed by atoms with Crippen LogP contribution >= 0.6 is 11.6 Å². The highest BCUT2D eigenvalue weighted by atomic mass is 35.5. The molecule has 5 heteroatoms. The molecule has 1 N–H and O–H groups in total. The van der Waals surface area contributed by atoms with Crippen LogP contribution in [0.25, 0.3) is 0 Å². The Labute approximate surface area is 134 Å². The molecule has 2 aromatic rings. The first-order valence-corrected chi connectivity index (χ1v) is 7.48. The lowest BCUT2D eigenvalue weighted by Crippen LogP contribution is -2.45. The third-order valence-electron chi connectivity index (χ3n) is 4.28. The summed E-state index contributed by atoms with van der Waals surface area (Å²) in [5.74, 6) is 0. The monoisotopic (exact) mass is 316 g/mol. The second kappa shape index (κ2) is 5.39. The predicted molar refractivity (Wildman–Crippen MR) is 86.1 cm³/mol. The molecule has 0 unspecified atom stereocenters. The van der Waals surface area contributed by atoms with E-state index >= 15 is 0 Å². The summed E-state index contributed by atoms with van der Waals surface area (Å²) in [6.45, 7) is 3.53. The van der Waals surface area contributed by atoms with Crippen LogP contribution in [0.5, 0.6) is 0 Å². The van der Waals surface area contributed by atoms with Crippen molar-refractivity contribution < 1.29 is 9.95 Å². The fourth-order valence-electron chi connectivity index (χ4n) is 2.97. The lowest BCUT2D eigenvalue weighted by atomic mass is 10.0. The molecule has 0 amide bonds. The lowest BCUT2D eigenvalue weighted by molar-refractivity contribution is -0.595. The summed E-state index contributed by atoms with van der Waals surface area (Å²) in [6, 6.07) is 15.9. The van der Waals surface area contributed by atoms with Crippen molar-refractivity contribution in [3.8, 4) is 0 Å². The maximum Gasteiger partial charge on any atom is 0.274 e. The molecule has 1 aliphatic heterocycles. The quantitative estimate of drug-likeness (QED) is 0.680. The predicted octanol–water partition coefficient (Wildman–Crippen LogP) is 3.61. The van der Waals surface area contributed by atoms with Gasteiger partial charge in [0.15, 0.2) is 0 Å². The first-order valence-electron chi connectivity index (χ1n) is 7.10. The van der Waals surface area contributed by atoms with Crippen LogP contribution in [0.1, 0.15) is 25.0 Å². The molecule has 3 rings (SSSR count). The first kappa shape index (κ1) is 15.0. The Balaban J connectivity index is 2.16. The smallest absolute Gasteiger partial charge is 0.274 e. The van der Waals surface area contributed by atoms with E-state index in [2.05, 4.69) is 0 Å². The van der Waals surface area contributed by atoms with Crippen molar-refractivity contribution in [1.29, 1.82) is 0 Å². The standard InChI is InChI=1S/C17H17ClN2O2/c1-12-16(13-8-10-15(18)11-9-13)20(22)17(2,19(12)21)14-6-4-3-5-7-14/h3-12,21H,1-2H3/t12-,17-/m0/s1. The van der Waals surface area contributed by atoms with Gasteiger partial charge in [0, 0.05) is 23.1 Å². The molecule has 0 fully saturated rings. The van der Waals surface area contributed by atoms with E-state index in [0.717, 1.165) is 20.9 Å². The number of rotatable bonds is 2. The van der Waals surface area contributed by atoms with Gasteiger partial charge in [-0.2, -0.15) is 4.74 Å². The number of hydrogen-bond donors (Lipinski definition) is 1. The van der Waals surface area contributed by atoms with Gasteiger partial charge >= 0.3 is 0 Å². The maximum atomic E-state index is 13.0. The highest BCUT2D eigenvalue weighted by Crippen LogP contribution is 2.36. The average Bonchev–Trinajstić information content (AvgIpc) is 2.71. The highest BCUT2D eigenvalue weighted by Gasteiger charge is 2.54. The Kier molecular flexibility index (Phi) is 3.68. The third kappa shape index (κ3) is 2.11. The zero-order chi connectivity index (χ0) is 15.9. The number of hydroxylamine groups is 3. The Bertz CT molecular complexity index is 715. The summed E-state index contributed by atoms with van der Waals surface area (Å²) in [5, 5.41) is 25.3. The average molecular weight is 317 g/mol. The summed E-state index contributed by atoms with van der Waals surface area (Å²) < 4.78 is 0.885. The number of halogens is 1. The molecular weight excluding hydrogens is 300 g/mol. The van der Waals surface area contributed by atoms with Crippen LogP contribution in [-0.4, -0.2) is 26.8 Å². The van der Waals surface area contributed by atoms with Crippen molar-refractivity contribution in [2.75, 3.05) is 0 Å². The van der Waals surface area contributed by atoms with Crippen molar-refractivity contribution in [2.45, 2.75) is 25.6 Å². The molecule has 2 aromatic carbocycles. The molecule has 2 atom stereocenters. The van der Waals surface area contributed by atoms with Crippen LogP contribution < -0.4 is 0 Å². The van der Waals surface area contributed by atoms with E-state index in [0.29, 0.717) is 10.7 Å². The van der Waals surface area contributed by atoms with E-state index in [1.165, 1.54) is 0 Å². The van der Waals surface area contributed by atoms with Gasteiger partial charge in [0.2, 0.25) is 5.71 Å². The van der Waals surface area contributed by atoms with Crippen LogP contribution in [0.4, 0.5) is 0 Å². The van der Waals surface area contributed by atoms with Gasteiger partial charge in [0.05, 0.1) is 0 Å². The summed E-state index contributed by atoms with van der Waals surface area (Å²) in [5.41, 5.74) is 0.856. The van der Waals surface area contributed by atoms with Crippen LogP contribution in [-0.2, 0) is 5.66 Å². The van der Waals surface area contributed by atoms with Crippen LogP contribution in [0.15, 0.2) is 54.6 Å². The van der Waals surface area contributed by atoms with E-state index in [-0.39, 0.29) is 0 Å². The van der Waals surface area contributed by atoms with Gasteiger partial charge in [-0.25, -0.2) is 0 Å². The fraction of sp³-hybridized carbons (Fsp3) is 0.235. The van der Waals surface area contributed by atoms with Gasteiger partial charge in [0.1, 0.15) is 6.04 Å². The fourth-order valence-corrected chi connectivity index (χ4v) is 3.10. The van der Waals surface area contributed by atoms with Gasteiger partial charge in [-0.05, 0) is 31.2 Å². The Hall–Kier alpha value is -1.88. The van der Waals surface area contributed by atoms with E-state index < -0.39 is 11.7 Å². The van der Waals surface area contributed by atoms with Gasteiger partial charge < -0.3 is 10.4 Å². The molecule has 114 valence electrons. The molecule has 0 spiro atoms. The SMILES string of the molecule is C[C@H]1C(c2ccc(Cl)cc2)=[N+]([O-])[C@@](C)(c2ccccc2)N1O. The molecule has 0 aliphatic carbocycles. The third-order valence-corrected chi connectivity index (χ3v) is 4.54. The molecular formula is C17H17ClN2O2. The lowest BCUT2D eigenvalue weighted by Gasteiger charge is -2.29. The summed E-state index contributed by atoms with van der Waals surface area (Å²) >= 11 is 5.91. The van der Waals surface area contributed by atoms with Gasteiger partial charge in [-0.1, -0.05) is 41.9 Å². The molecule has 0 saturated heterocycles. The van der Waals surface area contributed by atoms with Crippen molar-refractivity contribution in [3.05, 3.63) is 76.0 Å². The van der Waals surface area contributed by atoms with Crippen LogP contribution in [0.3, 0.4) is 0 Å². The number of nitrogens with zero attached hydrogens (tertiary/aromatic N) is 2. The van der Waals surface area contributed by atoms with Crippen molar-refractivity contribution >= 4 is 17.3 Å². The minimum atomic E-state index is -1.16. The minimum absolute atomic E-state index is 0.427. The molecule has 22 heavy (non-hydrogen) atoms. The Morgan fingerprint density at radius 3 is 2.32 bits per heavy atom. The summed E-state index contributed by atoms with van der Waals surface area (Å²) in [7, 11) is 0. The number of hydrogen-bond acceptors (Lipinski definition) is 3. The molecule has 0 aromatic heterocycles.